The summed E-state index contributed by atoms with van der Waals surface area (Å²) in [4.78, 5) is 15.0. The van der Waals surface area contributed by atoms with Gasteiger partial charge >= 0.3 is 0 Å². The van der Waals surface area contributed by atoms with Crippen molar-refractivity contribution < 1.29 is 4.79 Å². The van der Waals surface area contributed by atoms with Crippen molar-refractivity contribution in [2.24, 2.45) is 5.92 Å². The minimum atomic E-state index is 0.290. The molecule has 0 N–H and O–H groups in total. The first kappa shape index (κ1) is 17.5. The third-order valence-corrected chi connectivity index (χ3v) is 6.64. The van der Waals surface area contributed by atoms with E-state index in [0.717, 1.165) is 38.8 Å². The predicted octanol–water partition coefficient (Wildman–Crippen LogP) is 5.78. The van der Waals surface area contributed by atoms with Crippen molar-refractivity contribution in [1.82, 2.24) is 4.90 Å². The van der Waals surface area contributed by atoms with E-state index in [1.54, 1.807) is 0 Å². The number of rotatable bonds is 1. The number of carbonyl (C=O) groups excluding carboxylic acids is 1. The standard InChI is InChI=1S/C26H27NO/c28-26(22-9-1-2-10-22)27-17-15-21(16-18-27)25-23-11-5-3-7-19(23)13-14-20-8-4-6-12-24(20)25/h3-8,11-14,22H,1-2,9-10,15-18H2. The molecule has 0 spiro atoms. The van der Waals surface area contributed by atoms with Crippen molar-refractivity contribution in [3.8, 4) is 0 Å². The molecule has 1 heterocycles. The summed E-state index contributed by atoms with van der Waals surface area (Å²) >= 11 is 0. The van der Waals surface area contributed by atoms with Gasteiger partial charge in [-0.3, -0.25) is 4.79 Å². The lowest BCUT2D eigenvalue weighted by atomic mass is 9.86. The number of hydrogen-bond acceptors (Lipinski definition) is 1. The van der Waals surface area contributed by atoms with Crippen LogP contribution in [0.15, 0.2) is 54.1 Å². The third kappa shape index (κ3) is 3.11. The number of nitrogens with zero attached hydrogens (tertiary/aromatic N) is 1. The zero-order valence-corrected chi connectivity index (χ0v) is 16.4. The lowest BCUT2D eigenvalue weighted by Crippen LogP contribution is -2.39. The molecular weight excluding hydrogens is 342 g/mol. The predicted molar refractivity (Wildman–Crippen MR) is 116 cm³/mol. The van der Waals surface area contributed by atoms with E-state index in [2.05, 4.69) is 65.6 Å². The number of carbonyl (C=O) groups is 1. The van der Waals surface area contributed by atoms with E-state index in [4.69, 9.17) is 0 Å². The Bertz CT molecular complexity index is 900. The SMILES string of the molecule is O=C(C1CCCC1)N1CCC(=C2c3ccccc3C=Cc3ccccc32)CC1. The Labute approximate surface area is 167 Å². The third-order valence-electron chi connectivity index (χ3n) is 6.64. The first-order chi connectivity index (χ1) is 13.8. The topological polar surface area (TPSA) is 20.3 Å². The van der Waals surface area contributed by atoms with Crippen LogP contribution in [0.3, 0.4) is 0 Å². The van der Waals surface area contributed by atoms with Crippen molar-refractivity contribution in [3.63, 3.8) is 0 Å². The van der Waals surface area contributed by atoms with Gasteiger partial charge in [-0.1, -0.05) is 79.1 Å². The average molecular weight is 370 g/mol. The Morgan fingerprint density at radius 1 is 0.786 bits per heavy atom. The molecule has 142 valence electrons. The quantitative estimate of drug-likeness (QED) is 0.532. The second kappa shape index (κ2) is 7.43. The number of likely N-dealkylation sites (tertiary alicyclic amines) is 1. The fourth-order valence-electron chi connectivity index (χ4n) is 5.12. The molecule has 28 heavy (non-hydrogen) atoms. The molecule has 0 aromatic heterocycles. The van der Waals surface area contributed by atoms with Gasteiger partial charge in [0.2, 0.25) is 5.91 Å². The Hall–Kier alpha value is -2.61. The number of piperidine rings is 1. The number of amides is 1. The van der Waals surface area contributed by atoms with Gasteiger partial charge in [0.05, 0.1) is 0 Å². The highest BCUT2D eigenvalue weighted by Gasteiger charge is 2.30. The molecule has 1 saturated heterocycles. The van der Waals surface area contributed by atoms with E-state index in [9.17, 15) is 4.79 Å². The van der Waals surface area contributed by atoms with Crippen LogP contribution in [0.1, 0.15) is 60.8 Å². The number of benzene rings is 2. The summed E-state index contributed by atoms with van der Waals surface area (Å²) in [6, 6.07) is 17.4. The van der Waals surface area contributed by atoms with Gasteiger partial charge in [-0.25, -0.2) is 0 Å². The second-order valence-corrected chi connectivity index (χ2v) is 8.29. The van der Waals surface area contributed by atoms with E-state index < -0.39 is 0 Å². The van der Waals surface area contributed by atoms with Crippen LogP contribution in [-0.4, -0.2) is 23.9 Å². The summed E-state index contributed by atoms with van der Waals surface area (Å²) in [6.45, 7) is 1.73. The van der Waals surface area contributed by atoms with Gasteiger partial charge in [0, 0.05) is 19.0 Å². The van der Waals surface area contributed by atoms with Crippen molar-refractivity contribution in [1.29, 1.82) is 0 Å². The monoisotopic (exact) mass is 369 g/mol. The van der Waals surface area contributed by atoms with Crippen LogP contribution in [-0.2, 0) is 4.79 Å². The summed E-state index contributed by atoms with van der Waals surface area (Å²) in [5, 5.41) is 0. The van der Waals surface area contributed by atoms with E-state index in [1.165, 1.54) is 46.2 Å². The van der Waals surface area contributed by atoms with Gasteiger partial charge in [-0.2, -0.15) is 0 Å². The Morgan fingerprint density at radius 3 is 1.89 bits per heavy atom. The maximum absolute atomic E-state index is 12.8. The molecule has 0 atom stereocenters. The van der Waals surface area contributed by atoms with Gasteiger partial charge in [0.25, 0.3) is 0 Å². The number of hydrogen-bond donors (Lipinski definition) is 0. The zero-order valence-electron chi connectivity index (χ0n) is 16.4. The fourth-order valence-corrected chi connectivity index (χ4v) is 5.12. The van der Waals surface area contributed by atoms with E-state index in [1.807, 2.05) is 0 Å². The highest BCUT2D eigenvalue weighted by atomic mass is 16.2. The molecule has 2 aromatic carbocycles. The Kier molecular flexibility index (Phi) is 4.64. The van der Waals surface area contributed by atoms with Crippen molar-refractivity contribution in [3.05, 3.63) is 76.4 Å². The fraction of sp³-hybridized carbons (Fsp3) is 0.346. The molecule has 1 saturated carbocycles. The Balaban J connectivity index is 1.49. The normalized spacial score (nSPS) is 19.4. The lowest BCUT2D eigenvalue weighted by Gasteiger charge is -2.32. The molecule has 2 fully saturated rings. The van der Waals surface area contributed by atoms with Gasteiger partial charge in [0.1, 0.15) is 0 Å². The van der Waals surface area contributed by atoms with Gasteiger partial charge in [0.15, 0.2) is 0 Å². The summed E-state index contributed by atoms with van der Waals surface area (Å²) in [7, 11) is 0. The van der Waals surface area contributed by atoms with E-state index >= 15 is 0 Å². The maximum atomic E-state index is 12.8. The highest BCUT2D eigenvalue weighted by molar-refractivity contribution is 5.95. The Morgan fingerprint density at radius 2 is 1.32 bits per heavy atom. The summed E-state index contributed by atoms with van der Waals surface area (Å²) in [5.74, 6) is 0.697. The van der Waals surface area contributed by atoms with Crippen LogP contribution >= 0.6 is 0 Å². The summed E-state index contributed by atoms with van der Waals surface area (Å²) in [6.07, 6.45) is 11.1. The smallest absolute Gasteiger partial charge is 0.225 e. The lowest BCUT2D eigenvalue weighted by molar-refractivity contribution is -0.135. The van der Waals surface area contributed by atoms with Gasteiger partial charge in [-0.15, -0.1) is 0 Å². The van der Waals surface area contributed by atoms with Crippen molar-refractivity contribution in [2.45, 2.75) is 38.5 Å². The molecule has 5 rings (SSSR count). The molecule has 3 aliphatic rings. The largest absolute Gasteiger partial charge is 0.342 e. The van der Waals surface area contributed by atoms with Crippen LogP contribution < -0.4 is 0 Å². The zero-order chi connectivity index (χ0) is 18.9. The number of fused-ring (bicyclic) bond motifs is 2. The molecule has 2 aliphatic carbocycles. The molecule has 2 aromatic rings. The molecule has 2 nitrogen and oxygen atoms in total. The second-order valence-electron chi connectivity index (χ2n) is 8.29. The van der Waals surface area contributed by atoms with Gasteiger partial charge in [-0.05, 0) is 53.5 Å². The van der Waals surface area contributed by atoms with Crippen LogP contribution in [0.25, 0.3) is 17.7 Å². The summed E-state index contributed by atoms with van der Waals surface area (Å²) in [5.41, 5.74) is 8.11. The molecular formula is C26H27NO. The van der Waals surface area contributed by atoms with E-state index in [-0.39, 0.29) is 5.92 Å². The van der Waals surface area contributed by atoms with Crippen LogP contribution in [0.2, 0.25) is 0 Å². The first-order valence-corrected chi connectivity index (χ1v) is 10.7. The minimum Gasteiger partial charge on any atom is -0.342 e. The van der Waals surface area contributed by atoms with Crippen LogP contribution in [0, 0.1) is 5.92 Å². The van der Waals surface area contributed by atoms with Gasteiger partial charge < -0.3 is 4.90 Å². The molecule has 2 heteroatoms. The molecule has 0 bridgehead atoms. The first-order valence-electron chi connectivity index (χ1n) is 10.7. The molecule has 1 amide bonds. The molecule has 1 aliphatic heterocycles. The summed E-state index contributed by atoms with van der Waals surface area (Å²) < 4.78 is 0. The van der Waals surface area contributed by atoms with E-state index in [0.29, 0.717) is 5.91 Å². The maximum Gasteiger partial charge on any atom is 0.225 e. The van der Waals surface area contributed by atoms with Crippen molar-refractivity contribution in [2.75, 3.05) is 13.1 Å². The average Bonchev–Trinajstić information content (AvgIpc) is 3.23. The van der Waals surface area contributed by atoms with Crippen molar-refractivity contribution >= 4 is 23.6 Å². The molecule has 0 unspecified atom stereocenters. The minimum absolute atomic E-state index is 0.290. The van der Waals surface area contributed by atoms with Crippen LogP contribution in [0.5, 0.6) is 0 Å². The highest BCUT2D eigenvalue weighted by Crippen LogP contribution is 2.39. The van der Waals surface area contributed by atoms with Crippen LogP contribution in [0.4, 0.5) is 0 Å². The molecule has 0 radical (unpaired) electrons.